The van der Waals surface area contributed by atoms with Crippen molar-refractivity contribution >= 4 is 27.8 Å². The van der Waals surface area contributed by atoms with Crippen molar-refractivity contribution < 1.29 is 22.7 Å². The van der Waals surface area contributed by atoms with E-state index in [4.69, 9.17) is 9.47 Å². The van der Waals surface area contributed by atoms with E-state index >= 15 is 0 Å². The standard InChI is InChI=1S/C30H29N3O5S/c1-23-15-17-28(18-16-23)39(35,36)33(26-12-8-13-27(19-26)37-2)21-30(34)32-31-20-25-11-6-7-14-29(25)38-22-24-9-4-3-5-10-24/h3-20H,21-22H2,1-2H3,(H,32,34)/b31-20-. The van der Waals surface area contributed by atoms with Gasteiger partial charge >= 0.3 is 0 Å². The average molecular weight is 544 g/mol. The van der Waals surface area contributed by atoms with Gasteiger partial charge in [-0.25, -0.2) is 13.8 Å². The molecule has 200 valence electrons. The topological polar surface area (TPSA) is 97.3 Å². The van der Waals surface area contributed by atoms with E-state index in [1.54, 1.807) is 42.5 Å². The van der Waals surface area contributed by atoms with Gasteiger partial charge in [0.05, 0.1) is 23.9 Å². The predicted molar refractivity (Wildman–Crippen MR) is 152 cm³/mol. The van der Waals surface area contributed by atoms with Gasteiger partial charge in [-0.1, -0.05) is 66.2 Å². The Morgan fingerprint density at radius 3 is 2.38 bits per heavy atom. The Morgan fingerprint density at radius 2 is 1.64 bits per heavy atom. The van der Waals surface area contributed by atoms with E-state index in [1.807, 2.05) is 55.5 Å². The van der Waals surface area contributed by atoms with Crippen LogP contribution in [0.1, 0.15) is 16.7 Å². The van der Waals surface area contributed by atoms with Gasteiger partial charge in [-0.05, 0) is 48.9 Å². The molecular formula is C30H29N3O5S. The molecule has 0 aliphatic rings. The van der Waals surface area contributed by atoms with Crippen LogP contribution in [0.25, 0.3) is 0 Å². The molecule has 4 rings (SSSR count). The zero-order chi connectivity index (χ0) is 27.7. The Balaban J connectivity index is 1.50. The number of rotatable bonds is 11. The van der Waals surface area contributed by atoms with Crippen LogP contribution in [0.4, 0.5) is 5.69 Å². The SMILES string of the molecule is COc1cccc(N(CC(=O)N/N=C\c2ccccc2OCc2ccccc2)S(=O)(=O)c2ccc(C)cc2)c1. The Morgan fingerprint density at radius 1 is 0.923 bits per heavy atom. The molecule has 0 radical (unpaired) electrons. The number of methoxy groups -OCH3 is 1. The summed E-state index contributed by atoms with van der Waals surface area (Å²) in [6, 6.07) is 30.0. The zero-order valence-electron chi connectivity index (χ0n) is 21.7. The molecule has 8 nitrogen and oxygen atoms in total. The molecule has 39 heavy (non-hydrogen) atoms. The van der Waals surface area contributed by atoms with Crippen LogP contribution in [0.15, 0.2) is 113 Å². The second kappa shape index (κ2) is 12.7. The van der Waals surface area contributed by atoms with Crippen molar-refractivity contribution in [2.75, 3.05) is 18.0 Å². The van der Waals surface area contributed by atoms with Crippen LogP contribution in [0.5, 0.6) is 11.5 Å². The molecule has 0 unspecified atom stereocenters. The van der Waals surface area contributed by atoms with E-state index in [2.05, 4.69) is 10.5 Å². The van der Waals surface area contributed by atoms with Crippen LogP contribution in [-0.4, -0.2) is 34.2 Å². The lowest BCUT2D eigenvalue weighted by atomic mass is 10.2. The Labute approximate surface area is 228 Å². The average Bonchev–Trinajstić information content (AvgIpc) is 2.96. The molecule has 0 aliphatic carbocycles. The summed E-state index contributed by atoms with van der Waals surface area (Å²) in [5.74, 6) is 0.439. The lowest BCUT2D eigenvalue weighted by Gasteiger charge is -2.24. The smallest absolute Gasteiger partial charge is 0.264 e. The molecule has 4 aromatic carbocycles. The lowest BCUT2D eigenvalue weighted by Crippen LogP contribution is -2.39. The van der Waals surface area contributed by atoms with Crippen molar-refractivity contribution in [3.8, 4) is 11.5 Å². The maximum atomic E-state index is 13.6. The number of amides is 1. The second-order valence-electron chi connectivity index (χ2n) is 8.63. The van der Waals surface area contributed by atoms with Crippen molar-refractivity contribution in [3.05, 3.63) is 120 Å². The van der Waals surface area contributed by atoms with Gasteiger partial charge in [0.25, 0.3) is 15.9 Å². The number of ether oxygens (including phenoxy) is 2. The van der Waals surface area contributed by atoms with Gasteiger partial charge in [-0.3, -0.25) is 9.10 Å². The highest BCUT2D eigenvalue weighted by Crippen LogP contribution is 2.27. The summed E-state index contributed by atoms with van der Waals surface area (Å²) in [5, 5.41) is 4.05. The number of aryl methyl sites for hydroxylation is 1. The van der Waals surface area contributed by atoms with E-state index in [0.29, 0.717) is 23.7 Å². The Hall–Kier alpha value is -4.63. The number of carbonyl (C=O) groups excluding carboxylic acids is 1. The van der Waals surface area contributed by atoms with Gasteiger partial charge in [-0.2, -0.15) is 5.10 Å². The first kappa shape index (κ1) is 27.4. The summed E-state index contributed by atoms with van der Waals surface area (Å²) in [6.07, 6.45) is 1.46. The monoisotopic (exact) mass is 543 g/mol. The molecule has 0 saturated carbocycles. The van der Waals surface area contributed by atoms with E-state index in [-0.39, 0.29) is 10.6 Å². The highest BCUT2D eigenvalue weighted by molar-refractivity contribution is 7.92. The van der Waals surface area contributed by atoms with Crippen LogP contribution >= 0.6 is 0 Å². The van der Waals surface area contributed by atoms with Crippen LogP contribution in [0.2, 0.25) is 0 Å². The number of sulfonamides is 1. The minimum absolute atomic E-state index is 0.0664. The van der Waals surface area contributed by atoms with E-state index < -0.39 is 22.5 Å². The summed E-state index contributed by atoms with van der Waals surface area (Å²) in [6.45, 7) is 1.75. The molecule has 0 aliphatic heterocycles. The Kier molecular flexibility index (Phi) is 8.96. The molecule has 0 spiro atoms. The third-order valence-corrected chi connectivity index (χ3v) is 7.57. The maximum absolute atomic E-state index is 13.6. The van der Waals surface area contributed by atoms with E-state index in [9.17, 15) is 13.2 Å². The molecule has 0 bridgehead atoms. The summed E-state index contributed by atoms with van der Waals surface area (Å²) >= 11 is 0. The molecule has 0 fully saturated rings. The van der Waals surface area contributed by atoms with Crippen LogP contribution in [0.3, 0.4) is 0 Å². The first-order valence-corrected chi connectivity index (χ1v) is 13.6. The molecule has 0 saturated heterocycles. The fourth-order valence-corrected chi connectivity index (χ4v) is 5.12. The number of hydrogen-bond acceptors (Lipinski definition) is 6. The lowest BCUT2D eigenvalue weighted by molar-refractivity contribution is -0.119. The molecule has 0 atom stereocenters. The third kappa shape index (κ3) is 7.24. The number of hydrazone groups is 1. The zero-order valence-corrected chi connectivity index (χ0v) is 22.5. The minimum atomic E-state index is -4.06. The number of hydrogen-bond donors (Lipinski definition) is 1. The van der Waals surface area contributed by atoms with Crippen molar-refractivity contribution in [1.82, 2.24) is 5.43 Å². The molecule has 1 N–H and O–H groups in total. The quantitative estimate of drug-likeness (QED) is 0.214. The van der Waals surface area contributed by atoms with Crippen LogP contribution < -0.4 is 19.2 Å². The van der Waals surface area contributed by atoms with E-state index in [0.717, 1.165) is 15.4 Å². The van der Waals surface area contributed by atoms with E-state index in [1.165, 1.54) is 25.5 Å². The minimum Gasteiger partial charge on any atom is -0.497 e. The van der Waals surface area contributed by atoms with Gasteiger partial charge in [0.15, 0.2) is 0 Å². The van der Waals surface area contributed by atoms with Gasteiger partial charge < -0.3 is 9.47 Å². The highest BCUT2D eigenvalue weighted by Gasteiger charge is 2.27. The van der Waals surface area contributed by atoms with Crippen molar-refractivity contribution in [1.29, 1.82) is 0 Å². The van der Waals surface area contributed by atoms with Gasteiger partial charge in [0.2, 0.25) is 0 Å². The van der Waals surface area contributed by atoms with Gasteiger partial charge in [-0.15, -0.1) is 0 Å². The Bertz CT molecular complexity index is 1540. The molecule has 9 heteroatoms. The number of nitrogens with zero attached hydrogens (tertiary/aromatic N) is 2. The number of benzene rings is 4. The summed E-state index contributed by atoms with van der Waals surface area (Å²) in [5.41, 5.74) is 5.31. The third-order valence-electron chi connectivity index (χ3n) is 5.79. The molecular weight excluding hydrogens is 514 g/mol. The van der Waals surface area contributed by atoms with Gasteiger partial charge in [0, 0.05) is 11.6 Å². The normalized spacial score (nSPS) is 11.2. The first-order chi connectivity index (χ1) is 18.9. The molecule has 4 aromatic rings. The fraction of sp³-hybridized carbons (Fsp3) is 0.133. The van der Waals surface area contributed by atoms with Crippen molar-refractivity contribution in [2.24, 2.45) is 5.10 Å². The van der Waals surface area contributed by atoms with Gasteiger partial charge in [0.1, 0.15) is 24.7 Å². The summed E-state index contributed by atoms with van der Waals surface area (Å²) in [4.78, 5) is 13.0. The molecule has 1 amide bonds. The van der Waals surface area contributed by atoms with Crippen LogP contribution in [-0.2, 0) is 21.4 Å². The number of anilines is 1. The van der Waals surface area contributed by atoms with Crippen molar-refractivity contribution in [2.45, 2.75) is 18.4 Å². The molecule has 0 heterocycles. The highest BCUT2D eigenvalue weighted by atomic mass is 32.2. The number of nitrogens with one attached hydrogen (secondary N) is 1. The largest absolute Gasteiger partial charge is 0.497 e. The molecule has 0 aromatic heterocycles. The summed E-state index contributed by atoms with van der Waals surface area (Å²) < 4.78 is 39.3. The maximum Gasteiger partial charge on any atom is 0.264 e. The predicted octanol–water partition coefficient (Wildman–Crippen LogP) is 4.93. The number of carbonyl (C=O) groups is 1. The van der Waals surface area contributed by atoms with Crippen LogP contribution in [0, 0.1) is 6.92 Å². The van der Waals surface area contributed by atoms with Crippen molar-refractivity contribution in [3.63, 3.8) is 0 Å². The second-order valence-corrected chi connectivity index (χ2v) is 10.5. The number of para-hydroxylation sites is 1. The fourth-order valence-electron chi connectivity index (χ4n) is 3.71. The summed E-state index contributed by atoms with van der Waals surface area (Å²) in [7, 11) is -2.58. The first-order valence-electron chi connectivity index (χ1n) is 12.2.